The molecule has 0 spiro atoms. The highest BCUT2D eigenvalue weighted by atomic mass is 16.2. The van der Waals surface area contributed by atoms with E-state index >= 15 is 0 Å². The third kappa shape index (κ3) is 3.74. The molecule has 1 atom stereocenters. The van der Waals surface area contributed by atoms with Gasteiger partial charge in [-0.1, -0.05) is 6.92 Å². The van der Waals surface area contributed by atoms with Crippen LogP contribution in [0.4, 0.5) is 0 Å². The topological polar surface area (TPSA) is 70.2 Å². The molecule has 0 aromatic rings. The van der Waals surface area contributed by atoms with Gasteiger partial charge in [0.2, 0.25) is 11.8 Å². The van der Waals surface area contributed by atoms with E-state index in [0.717, 1.165) is 13.0 Å². The van der Waals surface area contributed by atoms with Crippen LogP contribution in [0.25, 0.3) is 0 Å². The zero-order valence-corrected chi connectivity index (χ0v) is 8.43. The Kier molecular flexibility index (Phi) is 4.39. The fourth-order valence-electron chi connectivity index (χ4n) is 1.37. The number of nitrogens with one attached hydrogen (secondary N) is 3. The van der Waals surface area contributed by atoms with E-state index in [1.165, 1.54) is 0 Å². The van der Waals surface area contributed by atoms with Gasteiger partial charge >= 0.3 is 0 Å². The van der Waals surface area contributed by atoms with E-state index in [0.29, 0.717) is 19.5 Å². The molecule has 1 heterocycles. The highest BCUT2D eigenvalue weighted by Crippen LogP contribution is 2.01. The minimum Gasteiger partial charge on any atom is -0.354 e. The normalized spacial score (nSPS) is 21.5. The van der Waals surface area contributed by atoms with Crippen LogP contribution in [0.15, 0.2) is 0 Å². The summed E-state index contributed by atoms with van der Waals surface area (Å²) >= 11 is 0. The van der Waals surface area contributed by atoms with Crippen LogP contribution >= 0.6 is 0 Å². The number of hydrogen-bond acceptors (Lipinski definition) is 3. The van der Waals surface area contributed by atoms with Crippen LogP contribution in [0.5, 0.6) is 0 Å². The number of hydrogen-bond donors (Lipinski definition) is 3. The maximum absolute atomic E-state index is 11.3. The van der Waals surface area contributed by atoms with Crippen molar-refractivity contribution in [2.75, 3.05) is 19.6 Å². The summed E-state index contributed by atoms with van der Waals surface area (Å²) in [6.45, 7) is 3.64. The summed E-state index contributed by atoms with van der Waals surface area (Å²) in [5.41, 5.74) is 0. The molecule has 80 valence electrons. The lowest BCUT2D eigenvalue weighted by molar-refractivity contribution is -0.125. The van der Waals surface area contributed by atoms with E-state index < -0.39 is 0 Å². The van der Waals surface area contributed by atoms with Crippen molar-refractivity contribution in [2.24, 2.45) is 0 Å². The van der Waals surface area contributed by atoms with Crippen LogP contribution in [0.3, 0.4) is 0 Å². The van der Waals surface area contributed by atoms with E-state index in [1.54, 1.807) is 0 Å². The van der Waals surface area contributed by atoms with Crippen LogP contribution in [0.2, 0.25) is 0 Å². The lowest BCUT2D eigenvalue weighted by atomic mass is 10.1. The van der Waals surface area contributed by atoms with Gasteiger partial charge in [0.1, 0.15) is 0 Å². The van der Waals surface area contributed by atoms with Crippen molar-refractivity contribution in [3.05, 3.63) is 0 Å². The summed E-state index contributed by atoms with van der Waals surface area (Å²) in [6.07, 6.45) is 1.25. The molecule has 1 aliphatic rings. The van der Waals surface area contributed by atoms with E-state index in [1.807, 2.05) is 6.92 Å². The van der Waals surface area contributed by atoms with Crippen molar-refractivity contribution >= 4 is 11.8 Å². The molecule has 1 saturated heterocycles. The second kappa shape index (κ2) is 5.59. The maximum atomic E-state index is 11.3. The largest absolute Gasteiger partial charge is 0.354 e. The third-order valence-electron chi connectivity index (χ3n) is 2.17. The molecular weight excluding hydrogens is 182 g/mol. The summed E-state index contributed by atoms with van der Waals surface area (Å²) in [4.78, 5) is 22.1. The van der Waals surface area contributed by atoms with E-state index in [-0.39, 0.29) is 17.9 Å². The maximum Gasteiger partial charge on any atom is 0.234 e. The number of piperidine rings is 1. The van der Waals surface area contributed by atoms with Crippen LogP contribution in [-0.2, 0) is 9.59 Å². The Morgan fingerprint density at radius 3 is 3.00 bits per heavy atom. The van der Waals surface area contributed by atoms with Gasteiger partial charge in [0.15, 0.2) is 0 Å². The molecule has 5 nitrogen and oxygen atoms in total. The van der Waals surface area contributed by atoms with Gasteiger partial charge in [-0.05, 0) is 13.0 Å². The molecule has 2 amide bonds. The smallest absolute Gasteiger partial charge is 0.234 e. The Balaban J connectivity index is 2.17. The minimum atomic E-state index is -0.00648. The Morgan fingerprint density at radius 2 is 2.43 bits per heavy atom. The Bertz CT molecular complexity index is 208. The van der Waals surface area contributed by atoms with Crippen molar-refractivity contribution in [1.29, 1.82) is 0 Å². The lowest BCUT2D eigenvalue weighted by Gasteiger charge is -2.23. The Morgan fingerprint density at radius 1 is 1.64 bits per heavy atom. The fourth-order valence-corrected chi connectivity index (χ4v) is 1.37. The first-order chi connectivity index (χ1) is 6.72. The van der Waals surface area contributed by atoms with E-state index in [4.69, 9.17) is 0 Å². The summed E-state index contributed by atoms with van der Waals surface area (Å²) in [5.74, 6) is 0.0650. The second-order valence-electron chi connectivity index (χ2n) is 3.39. The number of carbonyl (C=O) groups is 2. The molecule has 0 bridgehead atoms. The predicted molar refractivity (Wildman–Crippen MR) is 52.7 cm³/mol. The molecule has 0 saturated carbocycles. The monoisotopic (exact) mass is 199 g/mol. The van der Waals surface area contributed by atoms with Crippen molar-refractivity contribution in [1.82, 2.24) is 16.0 Å². The van der Waals surface area contributed by atoms with E-state index in [9.17, 15) is 9.59 Å². The van der Waals surface area contributed by atoms with Gasteiger partial charge < -0.3 is 16.0 Å². The average Bonchev–Trinajstić information content (AvgIpc) is 2.18. The molecular formula is C9H17N3O2. The molecule has 0 radical (unpaired) electrons. The average molecular weight is 199 g/mol. The summed E-state index contributed by atoms with van der Waals surface area (Å²) in [7, 11) is 0. The van der Waals surface area contributed by atoms with Crippen molar-refractivity contribution in [3.8, 4) is 0 Å². The van der Waals surface area contributed by atoms with Crippen molar-refractivity contribution in [2.45, 2.75) is 25.8 Å². The number of amides is 2. The SMILES string of the molecule is CCNCC(=O)NC1CCC(=O)NC1. The highest BCUT2D eigenvalue weighted by Gasteiger charge is 2.18. The summed E-state index contributed by atoms with van der Waals surface area (Å²) in [5, 5.41) is 8.52. The van der Waals surface area contributed by atoms with Gasteiger partial charge in [-0.3, -0.25) is 9.59 Å². The molecule has 14 heavy (non-hydrogen) atoms. The minimum absolute atomic E-state index is 0.00648. The zero-order valence-electron chi connectivity index (χ0n) is 8.43. The molecule has 0 aromatic carbocycles. The van der Waals surface area contributed by atoms with Crippen LogP contribution in [0.1, 0.15) is 19.8 Å². The van der Waals surface area contributed by atoms with Gasteiger partial charge in [-0.2, -0.15) is 0 Å². The van der Waals surface area contributed by atoms with Gasteiger partial charge in [0.05, 0.1) is 6.54 Å². The number of carbonyl (C=O) groups excluding carboxylic acids is 2. The molecule has 0 aliphatic carbocycles. The molecule has 1 rings (SSSR count). The fraction of sp³-hybridized carbons (Fsp3) is 0.778. The Labute approximate surface area is 83.6 Å². The third-order valence-corrected chi connectivity index (χ3v) is 2.17. The molecule has 3 N–H and O–H groups in total. The predicted octanol–water partition coefficient (Wildman–Crippen LogP) is -1.01. The molecule has 1 fully saturated rings. The molecule has 1 unspecified atom stereocenters. The first-order valence-corrected chi connectivity index (χ1v) is 4.99. The van der Waals surface area contributed by atoms with E-state index in [2.05, 4.69) is 16.0 Å². The van der Waals surface area contributed by atoms with Crippen LogP contribution in [-0.4, -0.2) is 37.5 Å². The van der Waals surface area contributed by atoms with Gasteiger partial charge in [0, 0.05) is 19.0 Å². The quantitative estimate of drug-likeness (QED) is 0.543. The number of likely N-dealkylation sites (N-methyl/N-ethyl adjacent to an activating group) is 1. The second-order valence-corrected chi connectivity index (χ2v) is 3.39. The first kappa shape index (κ1) is 11.0. The van der Waals surface area contributed by atoms with Gasteiger partial charge in [0.25, 0.3) is 0 Å². The first-order valence-electron chi connectivity index (χ1n) is 4.99. The Hall–Kier alpha value is -1.10. The standard InChI is InChI=1S/C9H17N3O2/c1-2-10-6-9(14)12-7-3-4-8(13)11-5-7/h7,10H,2-6H2,1H3,(H,11,13)(H,12,14). The van der Waals surface area contributed by atoms with Gasteiger partial charge in [-0.15, -0.1) is 0 Å². The van der Waals surface area contributed by atoms with Crippen LogP contribution in [0, 0.1) is 0 Å². The molecule has 5 heteroatoms. The van der Waals surface area contributed by atoms with Crippen LogP contribution < -0.4 is 16.0 Å². The lowest BCUT2D eigenvalue weighted by Crippen LogP contribution is -2.49. The zero-order chi connectivity index (χ0) is 10.4. The summed E-state index contributed by atoms with van der Waals surface area (Å²) in [6, 6.07) is 0.0962. The summed E-state index contributed by atoms with van der Waals surface area (Å²) < 4.78 is 0. The highest BCUT2D eigenvalue weighted by molar-refractivity contribution is 5.80. The van der Waals surface area contributed by atoms with Crippen molar-refractivity contribution < 1.29 is 9.59 Å². The molecule has 1 aliphatic heterocycles. The molecule has 0 aromatic heterocycles. The number of rotatable bonds is 4. The van der Waals surface area contributed by atoms with Crippen molar-refractivity contribution in [3.63, 3.8) is 0 Å². The van der Waals surface area contributed by atoms with Gasteiger partial charge in [-0.25, -0.2) is 0 Å².